The molecule has 74 valence electrons. The maximum atomic E-state index is 5.96. The van der Waals surface area contributed by atoms with Gasteiger partial charge < -0.3 is 9.47 Å². The first kappa shape index (κ1) is 9.43. The summed E-state index contributed by atoms with van der Waals surface area (Å²) in [4.78, 5) is 0. The molecular formula is C9H9ClN2O2. The van der Waals surface area contributed by atoms with Gasteiger partial charge in [0.2, 0.25) is 6.17 Å². The number of hydrogen-bond donors (Lipinski definition) is 0. The predicted molar refractivity (Wildman–Crippen MR) is 51.6 cm³/mol. The molecule has 0 amide bonds. The largest absolute Gasteiger partial charge is 0.468 e. The fourth-order valence-electron chi connectivity index (χ4n) is 1.09. The molecule has 14 heavy (non-hydrogen) atoms. The van der Waals surface area contributed by atoms with Gasteiger partial charge in [-0.3, -0.25) is 0 Å². The highest BCUT2D eigenvalue weighted by Gasteiger charge is 2.22. The second kappa shape index (κ2) is 3.94. The highest BCUT2D eigenvalue weighted by Crippen LogP contribution is 2.37. The van der Waals surface area contributed by atoms with E-state index in [0.717, 1.165) is 5.56 Å². The van der Waals surface area contributed by atoms with Gasteiger partial charge in [0, 0.05) is 17.7 Å². The lowest BCUT2D eigenvalue weighted by Crippen LogP contribution is -1.99. The Balaban J connectivity index is 2.13. The molecule has 1 aromatic rings. The molecule has 5 heteroatoms. The number of nitrogens with zero attached hydrogens (tertiary/aromatic N) is 2. The Bertz CT molecular complexity index is 362. The lowest BCUT2D eigenvalue weighted by molar-refractivity contribution is 0.0511. The van der Waals surface area contributed by atoms with E-state index in [1.165, 1.54) is 0 Å². The van der Waals surface area contributed by atoms with E-state index in [9.17, 15) is 0 Å². The minimum atomic E-state index is -0.103. The maximum Gasteiger partial charge on any atom is 0.207 e. The van der Waals surface area contributed by atoms with Crippen LogP contribution in [0.2, 0.25) is 5.02 Å². The van der Waals surface area contributed by atoms with E-state index in [1.54, 1.807) is 19.2 Å². The van der Waals surface area contributed by atoms with E-state index in [1.807, 2.05) is 6.07 Å². The molecule has 0 aliphatic carbocycles. The lowest BCUT2D eigenvalue weighted by atomic mass is 10.2. The van der Waals surface area contributed by atoms with Crippen LogP contribution < -0.4 is 4.74 Å². The molecule has 2 rings (SSSR count). The number of rotatable bonds is 4. The Morgan fingerprint density at radius 2 is 2.21 bits per heavy atom. The Morgan fingerprint density at radius 3 is 2.86 bits per heavy atom. The van der Waals surface area contributed by atoms with Crippen LogP contribution in [0.3, 0.4) is 0 Å². The Morgan fingerprint density at radius 1 is 1.43 bits per heavy atom. The van der Waals surface area contributed by atoms with Crippen LogP contribution in [0.15, 0.2) is 28.4 Å². The summed E-state index contributed by atoms with van der Waals surface area (Å²) in [5.74, 6) is 0.712. The van der Waals surface area contributed by atoms with Crippen LogP contribution in [0.4, 0.5) is 0 Å². The van der Waals surface area contributed by atoms with Crippen molar-refractivity contribution in [1.82, 2.24) is 0 Å². The van der Waals surface area contributed by atoms with Crippen molar-refractivity contribution >= 4 is 11.6 Å². The number of hydrogen-bond acceptors (Lipinski definition) is 4. The van der Waals surface area contributed by atoms with Crippen molar-refractivity contribution in [3.63, 3.8) is 0 Å². The number of benzene rings is 1. The summed E-state index contributed by atoms with van der Waals surface area (Å²) in [7, 11) is 1.57. The highest BCUT2D eigenvalue weighted by molar-refractivity contribution is 6.31. The van der Waals surface area contributed by atoms with Crippen LogP contribution in [0.1, 0.15) is 11.7 Å². The van der Waals surface area contributed by atoms with Gasteiger partial charge in [-0.1, -0.05) is 11.6 Å². The van der Waals surface area contributed by atoms with Crippen LogP contribution in [-0.4, -0.2) is 13.9 Å². The van der Waals surface area contributed by atoms with Gasteiger partial charge >= 0.3 is 0 Å². The molecule has 0 aromatic heterocycles. The van der Waals surface area contributed by atoms with Crippen molar-refractivity contribution in [2.24, 2.45) is 10.2 Å². The Hall–Kier alpha value is -1.13. The summed E-state index contributed by atoms with van der Waals surface area (Å²) in [6.45, 7) is 0.222. The number of methoxy groups -OCH3 is 1. The van der Waals surface area contributed by atoms with Crippen LogP contribution >= 0.6 is 11.6 Å². The maximum absolute atomic E-state index is 5.96. The van der Waals surface area contributed by atoms with E-state index in [2.05, 4.69) is 10.2 Å². The van der Waals surface area contributed by atoms with Crippen LogP contribution in [0.5, 0.6) is 5.75 Å². The second-order valence-corrected chi connectivity index (χ2v) is 3.25. The summed E-state index contributed by atoms with van der Waals surface area (Å²) in [5, 5.41) is 8.27. The summed E-state index contributed by atoms with van der Waals surface area (Å²) in [6, 6.07) is 5.38. The Kier molecular flexibility index (Phi) is 2.65. The third-order valence-electron chi connectivity index (χ3n) is 1.82. The predicted octanol–water partition coefficient (Wildman–Crippen LogP) is 2.79. The van der Waals surface area contributed by atoms with Crippen molar-refractivity contribution in [3.8, 4) is 5.75 Å². The summed E-state index contributed by atoms with van der Waals surface area (Å²) < 4.78 is 10.1. The van der Waals surface area contributed by atoms with Gasteiger partial charge in [0.25, 0.3) is 0 Å². The first-order chi connectivity index (χ1) is 6.81. The fraction of sp³-hybridized carbons (Fsp3) is 0.333. The molecule has 1 aliphatic heterocycles. The fourth-order valence-corrected chi connectivity index (χ4v) is 1.31. The van der Waals surface area contributed by atoms with Gasteiger partial charge in [-0.15, -0.1) is 0 Å². The van der Waals surface area contributed by atoms with Gasteiger partial charge in [0.15, 0.2) is 6.79 Å². The smallest absolute Gasteiger partial charge is 0.207 e. The normalized spacial score (nSPS) is 14.4. The molecule has 0 N–H and O–H groups in total. The second-order valence-electron chi connectivity index (χ2n) is 2.84. The van der Waals surface area contributed by atoms with E-state index in [-0.39, 0.29) is 13.0 Å². The van der Waals surface area contributed by atoms with Crippen LogP contribution in [0.25, 0.3) is 0 Å². The minimum absolute atomic E-state index is 0.103. The monoisotopic (exact) mass is 212 g/mol. The first-order valence-electron chi connectivity index (χ1n) is 4.12. The van der Waals surface area contributed by atoms with Crippen molar-refractivity contribution in [2.75, 3.05) is 13.9 Å². The van der Waals surface area contributed by atoms with E-state index >= 15 is 0 Å². The van der Waals surface area contributed by atoms with Crippen LogP contribution in [-0.2, 0) is 4.74 Å². The van der Waals surface area contributed by atoms with Crippen molar-refractivity contribution in [2.45, 2.75) is 6.17 Å². The van der Waals surface area contributed by atoms with Gasteiger partial charge in [-0.2, -0.15) is 10.2 Å². The number of ether oxygens (including phenoxy) is 2. The van der Waals surface area contributed by atoms with Gasteiger partial charge in [0.1, 0.15) is 5.75 Å². The molecule has 1 aliphatic rings. The molecule has 1 heterocycles. The molecular weight excluding hydrogens is 204 g/mol. The summed E-state index contributed by atoms with van der Waals surface area (Å²) in [6.07, 6.45) is -0.103. The Labute approximate surface area is 86.5 Å². The highest BCUT2D eigenvalue weighted by atomic mass is 35.5. The first-order valence-corrected chi connectivity index (χ1v) is 4.50. The molecule has 1 aromatic carbocycles. The number of halogens is 1. The zero-order chi connectivity index (χ0) is 9.97. The van der Waals surface area contributed by atoms with E-state index < -0.39 is 0 Å². The van der Waals surface area contributed by atoms with Crippen LogP contribution in [0, 0.1) is 0 Å². The topological polar surface area (TPSA) is 43.2 Å². The molecule has 0 bridgehead atoms. The average molecular weight is 213 g/mol. The van der Waals surface area contributed by atoms with E-state index in [0.29, 0.717) is 10.8 Å². The summed E-state index contributed by atoms with van der Waals surface area (Å²) in [5.41, 5.74) is 0.875. The van der Waals surface area contributed by atoms with Gasteiger partial charge in [-0.05, 0) is 18.2 Å². The van der Waals surface area contributed by atoms with Gasteiger partial charge in [-0.25, -0.2) is 0 Å². The molecule has 0 saturated heterocycles. The summed E-state index contributed by atoms with van der Waals surface area (Å²) >= 11 is 5.96. The zero-order valence-electron chi connectivity index (χ0n) is 7.61. The molecule has 0 spiro atoms. The SMILES string of the molecule is COCOc1ccc(Cl)c(C2N=N2)c1. The molecule has 0 unspecified atom stereocenters. The minimum Gasteiger partial charge on any atom is -0.468 e. The molecule has 0 radical (unpaired) electrons. The third kappa shape index (κ3) is 2.02. The lowest BCUT2D eigenvalue weighted by Gasteiger charge is -2.06. The average Bonchev–Trinajstić information content (AvgIpc) is 3.00. The molecule has 0 fully saturated rings. The standard InChI is InChI=1S/C9H9ClN2O2/c1-13-5-14-6-2-3-8(10)7(4-6)9-11-12-9/h2-4,9H,5H2,1H3. The van der Waals surface area contributed by atoms with Crippen molar-refractivity contribution in [1.29, 1.82) is 0 Å². The molecule has 4 nitrogen and oxygen atoms in total. The van der Waals surface area contributed by atoms with Crippen molar-refractivity contribution < 1.29 is 9.47 Å². The van der Waals surface area contributed by atoms with Crippen molar-refractivity contribution in [3.05, 3.63) is 28.8 Å². The molecule has 0 saturated carbocycles. The zero-order valence-corrected chi connectivity index (χ0v) is 8.36. The van der Waals surface area contributed by atoms with E-state index in [4.69, 9.17) is 21.1 Å². The quantitative estimate of drug-likeness (QED) is 0.721. The molecule has 0 atom stereocenters. The third-order valence-corrected chi connectivity index (χ3v) is 2.16. The van der Waals surface area contributed by atoms with Gasteiger partial charge in [0.05, 0.1) is 0 Å².